The Morgan fingerprint density at radius 2 is 2.29 bits per heavy atom. The molecule has 1 aliphatic heterocycles. The molecule has 1 saturated heterocycles. The number of phenols is 1. The fourth-order valence-electron chi connectivity index (χ4n) is 2.07. The molecule has 1 aromatic rings. The van der Waals surface area contributed by atoms with Crippen molar-refractivity contribution in [3.63, 3.8) is 0 Å². The maximum atomic E-state index is 9.83. The third-order valence-corrected chi connectivity index (χ3v) is 2.81. The van der Waals surface area contributed by atoms with Gasteiger partial charge < -0.3 is 16.2 Å². The Hall–Kier alpha value is -1.22. The van der Waals surface area contributed by atoms with Gasteiger partial charge >= 0.3 is 0 Å². The summed E-state index contributed by atoms with van der Waals surface area (Å²) in [6.45, 7) is 3.97. The van der Waals surface area contributed by atoms with Crippen LogP contribution >= 0.6 is 0 Å². The summed E-state index contributed by atoms with van der Waals surface area (Å²) in [5.41, 5.74) is 8.32. The second-order valence-electron chi connectivity index (χ2n) is 3.98. The van der Waals surface area contributed by atoms with Crippen LogP contribution in [0.25, 0.3) is 0 Å². The van der Waals surface area contributed by atoms with Gasteiger partial charge in [-0.15, -0.1) is 0 Å². The van der Waals surface area contributed by atoms with Crippen LogP contribution < -0.4 is 11.1 Å². The average molecular weight is 192 g/mol. The molecule has 0 saturated carbocycles. The van der Waals surface area contributed by atoms with Crippen LogP contribution in [0.2, 0.25) is 0 Å². The lowest BCUT2D eigenvalue weighted by Crippen LogP contribution is -2.08. The van der Waals surface area contributed by atoms with Crippen molar-refractivity contribution in [2.75, 3.05) is 18.8 Å². The van der Waals surface area contributed by atoms with Crippen molar-refractivity contribution < 1.29 is 5.11 Å². The number of aryl methyl sites for hydroxylation is 1. The van der Waals surface area contributed by atoms with Crippen LogP contribution in [-0.2, 0) is 0 Å². The van der Waals surface area contributed by atoms with E-state index in [1.807, 2.05) is 13.0 Å². The summed E-state index contributed by atoms with van der Waals surface area (Å²) in [5, 5.41) is 13.1. The number of nitrogens with two attached hydrogens (primary N) is 1. The number of nitrogen functional groups attached to an aromatic ring is 1. The first-order valence-corrected chi connectivity index (χ1v) is 4.98. The summed E-state index contributed by atoms with van der Waals surface area (Å²) in [6.07, 6.45) is 1.08. The molecule has 76 valence electrons. The van der Waals surface area contributed by atoms with E-state index >= 15 is 0 Å². The number of hydrogen-bond donors (Lipinski definition) is 3. The van der Waals surface area contributed by atoms with Crippen molar-refractivity contribution in [2.45, 2.75) is 19.3 Å². The highest BCUT2D eigenvalue weighted by molar-refractivity contribution is 5.59. The number of aromatic hydroxyl groups is 1. The molecule has 0 spiro atoms. The molecular formula is C11H16N2O. The second kappa shape index (κ2) is 3.50. The molecule has 1 fully saturated rings. The van der Waals surface area contributed by atoms with Gasteiger partial charge in [0.1, 0.15) is 5.75 Å². The highest BCUT2D eigenvalue weighted by Crippen LogP contribution is 2.34. The van der Waals surface area contributed by atoms with E-state index in [0.29, 0.717) is 11.6 Å². The quantitative estimate of drug-likeness (QED) is 0.465. The van der Waals surface area contributed by atoms with E-state index in [1.54, 1.807) is 6.07 Å². The molecule has 1 aromatic carbocycles. The maximum absolute atomic E-state index is 9.83. The molecule has 0 aromatic heterocycles. The normalized spacial score (nSPS) is 21.4. The minimum absolute atomic E-state index is 0.268. The van der Waals surface area contributed by atoms with Gasteiger partial charge in [-0.05, 0) is 31.5 Å². The number of nitrogens with one attached hydrogen (secondary N) is 1. The van der Waals surface area contributed by atoms with Crippen molar-refractivity contribution in [2.24, 2.45) is 0 Å². The molecule has 0 amide bonds. The van der Waals surface area contributed by atoms with E-state index in [2.05, 4.69) is 5.32 Å². The lowest BCUT2D eigenvalue weighted by molar-refractivity contribution is 0.465. The van der Waals surface area contributed by atoms with Gasteiger partial charge in [0.15, 0.2) is 0 Å². The summed E-state index contributed by atoms with van der Waals surface area (Å²) in [6, 6.07) is 3.84. The summed E-state index contributed by atoms with van der Waals surface area (Å²) in [5.74, 6) is 0.682. The predicted octanol–water partition coefficient (Wildman–Crippen LogP) is 1.36. The molecule has 14 heavy (non-hydrogen) atoms. The van der Waals surface area contributed by atoms with Crippen LogP contribution in [0.4, 0.5) is 5.69 Å². The number of benzene rings is 1. The molecule has 3 nitrogen and oxygen atoms in total. The summed E-state index contributed by atoms with van der Waals surface area (Å²) in [7, 11) is 0. The van der Waals surface area contributed by atoms with Crippen molar-refractivity contribution in [1.29, 1.82) is 0 Å². The molecular weight excluding hydrogens is 176 g/mol. The van der Waals surface area contributed by atoms with Crippen LogP contribution in [0.3, 0.4) is 0 Å². The fourth-order valence-corrected chi connectivity index (χ4v) is 2.07. The van der Waals surface area contributed by atoms with Crippen molar-refractivity contribution in [3.05, 3.63) is 23.3 Å². The Kier molecular flexibility index (Phi) is 2.33. The topological polar surface area (TPSA) is 58.3 Å². The summed E-state index contributed by atoms with van der Waals surface area (Å²) < 4.78 is 0. The Morgan fingerprint density at radius 1 is 1.50 bits per heavy atom. The van der Waals surface area contributed by atoms with E-state index in [4.69, 9.17) is 5.73 Å². The third-order valence-electron chi connectivity index (χ3n) is 2.81. The van der Waals surface area contributed by atoms with Gasteiger partial charge in [0.05, 0.1) is 5.69 Å². The maximum Gasteiger partial charge on any atom is 0.141 e. The summed E-state index contributed by atoms with van der Waals surface area (Å²) in [4.78, 5) is 0. The van der Waals surface area contributed by atoms with Crippen molar-refractivity contribution in [3.8, 4) is 5.75 Å². The largest absolute Gasteiger partial charge is 0.505 e. The number of hydrogen-bond acceptors (Lipinski definition) is 3. The minimum atomic E-state index is 0.268. The number of rotatable bonds is 1. The van der Waals surface area contributed by atoms with E-state index < -0.39 is 0 Å². The predicted molar refractivity (Wildman–Crippen MR) is 57.5 cm³/mol. The van der Waals surface area contributed by atoms with Crippen LogP contribution in [0.1, 0.15) is 23.5 Å². The SMILES string of the molecule is Cc1cc(N)c(O)c(C2CCNC2)c1. The minimum Gasteiger partial charge on any atom is -0.505 e. The smallest absolute Gasteiger partial charge is 0.141 e. The van der Waals surface area contributed by atoms with Gasteiger partial charge in [-0.2, -0.15) is 0 Å². The van der Waals surface area contributed by atoms with Crippen LogP contribution in [0.15, 0.2) is 12.1 Å². The van der Waals surface area contributed by atoms with Crippen LogP contribution in [-0.4, -0.2) is 18.2 Å². The van der Waals surface area contributed by atoms with Gasteiger partial charge in [-0.1, -0.05) is 6.07 Å². The lowest BCUT2D eigenvalue weighted by Gasteiger charge is -2.13. The van der Waals surface area contributed by atoms with Gasteiger partial charge in [-0.3, -0.25) is 0 Å². The average Bonchev–Trinajstić information content (AvgIpc) is 2.63. The molecule has 0 aliphatic carbocycles. The second-order valence-corrected chi connectivity index (χ2v) is 3.98. The zero-order valence-corrected chi connectivity index (χ0v) is 8.38. The molecule has 2 rings (SSSR count). The van der Waals surface area contributed by atoms with E-state index in [0.717, 1.165) is 30.6 Å². The Balaban J connectivity index is 2.40. The monoisotopic (exact) mass is 192 g/mol. The van der Waals surface area contributed by atoms with Crippen LogP contribution in [0, 0.1) is 6.92 Å². The van der Waals surface area contributed by atoms with Gasteiger partial charge in [0.2, 0.25) is 0 Å². The van der Waals surface area contributed by atoms with E-state index in [1.165, 1.54) is 0 Å². The van der Waals surface area contributed by atoms with Crippen molar-refractivity contribution in [1.82, 2.24) is 5.32 Å². The standard InChI is InChI=1S/C11H16N2O/c1-7-4-9(8-2-3-13-6-8)11(14)10(12)5-7/h4-5,8,13-14H,2-3,6,12H2,1H3. The lowest BCUT2D eigenvalue weighted by atomic mass is 9.95. The Morgan fingerprint density at radius 3 is 2.93 bits per heavy atom. The van der Waals surface area contributed by atoms with Crippen molar-refractivity contribution >= 4 is 5.69 Å². The Labute approximate surface area is 83.9 Å². The third kappa shape index (κ3) is 1.55. The molecule has 0 radical (unpaired) electrons. The molecule has 3 heteroatoms. The first-order chi connectivity index (χ1) is 6.68. The highest BCUT2D eigenvalue weighted by atomic mass is 16.3. The van der Waals surface area contributed by atoms with Gasteiger partial charge in [0, 0.05) is 18.0 Å². The molecule has 0 bridgehead atoms. The number of anilines is 1. The molecule has 1 heterocycles. The molecule has 1 atom stereocenters. The van der Waals surface area contributed by atoms with E-state index in [-0.39, 0.29) is 5.75 Å². The van der Waals surface area contributed by atoms with Gasteiger partial charge in [0.25, 0.3) is 0 Å². The van der Waals surface area contributed by atoms with Crippen LogP contribution in [0.5, 0.6) is 5.75 Å². The summed E-state index contributed by atoms with van der Waals surface area (Å²) >= 11 is 0. The van der Waals surface area contributed by atoms with Gasteiger partial charge in [-0.25, -0.2) is 0 Å². The zero-order chi connectivity index (χ0) is 10.1. The first-order valence-electron chi connectivity index (χ1n) is 4.98. The zero-order valence-electron chi connectivity index (χ0n) is 8.38. The Bertz CT molecular complexity index is 343. The molecule has 1 unspecified atom stereocenters. The molecule has 4 N–H and O–H groups in total. The molecule has 1 aliphatic rings. The first kappa shape index (κ1) is 9.34. The highest BCUT2D eigenvalue weighted by Gasteiger charge is 2.20. The van der Waals surface area contributed by atoms with E-state index in [9.17, 15) is 5.11 Å². The fraction of sp³-hybridized carbons (Fsp3) is 0.455. The number of phenolic OH excluding ortho intramolecular Hbond substituents is 1.